The van der Waals surface area contributed by atoms with Crippen molar-refractivity contribution in [1.29, 1.82) is 0 Å². The summed E-state index contributed by atoms with van der Waals surface area (Å²) in [6.07, 6.45) is 2.37. The fourth-order valence-electron chi connectivity index (χ4n) is 4.22. The first-order valence-corrected chi connectivity index (χ1v) is 12.0. The topological polar surface area (TPSA) is 63.1 Å². The van der Waals surface area contributed by atoms with Gasteiger partial charge in [-0.05, 0) is 49.2 Å². The smallest absolute Gasteiger partial charge is 0.241 e. The van der Waals surface area contributed by atoms with Gasteiger partial charge < -0.3 is 14.5 Å². The van der Waals surface area contributed by atoms with Crippen molar-refractivity contribution in [1.82, 2.24) is 4.72 Å². The van der Waals surface area contributed by atoms with Crippen LogP contribution >= 0.6 is 0 Å². The van der Waals surface area contributed by atoms with E-state index in [0.29, 0.717) is 22.8 Å². The monoisotopic (exact) mass is 432 g/mol. The molecule has 0 saturated carbocycles. The first-order chi connectivity index (χ1) is 14.2. The Morgan fingerprint density at radius 2 is 1.70 bits per heavy atom. The maximum Gasteiger partial charge on any atom is 0.241 e. The number of methoxy groups -OCH3 is 1. The van der Waals surface area contributed by atoms with Gasteiger partial charge in [-0.3, -0.25) is 0 Å². The number of nitrogens with one attached hydrogen (secondary N) is 2. The molecule has 1 aliphatic heterocycles. The summed E-state index contributed by atoms with van der Waals surface area (Å²) in [5, 5.41) is 0. The molecule has 1 atom stereocenters. The molecule has 0 radical (unpaired) electrons. The molecule has 3 rings (SSSR count). The number of quaternary nitrogens is 1. The van der Waals surface area contributed by atoms with Crippen LogP contribution in [0.25, 0.3) is 0 Å². The van der Waals surface area contributed by atoms with Crippen LogP contribution in [0, 0.1) is 13.8 Å². The molecule has 30 heavy (non-hydrogen) atoms. The maximum atomic E-state index is 13.1. The van der Waals surface area contributed by atoms with Gasteiger partial charge in [0, 0.05) is 38.2 Å². The van der Waals surface area contributed by atoms with Crippen LogP contribution in [0.2, 0.25) is 0 Å². The fourth-order valence-corrected chi connectivity index (χ4v) is 5.58. The Morgan fingerprint density at radius 3 is 2.27 bits per heavy atom. The van der Waals surface area contributed by atoms with E-state index in [1.165, 1.54) is 23.3 Å². The lowest BCUT2D eigenvalue weighted by Crippen LogP contribution is -3.11. The average molecular weight is 433 g/mol. The SMILES string of the molecule is COc1cc(C)c(S(=O)(=O)NC[C@@H](c2ccc(N(C)C)cc2)[NH+]2CCCC2)cc1C. The van der Waals surface area contributed by atoms with Crippen molar-refractivity contribution in [2.24, 2.45) is 0 Å². The molecule has 0 bridgehead atoms. The Morgan fingerprint density at radius 1 is 1.07 bits per heavy atom. The van der Waals surface area contributed by atoms with Gasteiger partial charge in [-0.25, -0.2) is 13.1 Å². The molecular weight excluding hydrogens is 398 g/mol. The van der Waals surface area contributed by atoms with Crippen molar-refractivity contribution in [2.75, 3.05) is 45.7 Å². The lowest BCUT2D eigenvalue weighted by Gasteiger charge is -2.26. The van der Waals surface area contributed by atoms with E-state index in [1.54, 1.807) is 26.2 Å². The summed E-state index contributed by atoms with van der Waals surface area (Å²) in [6.45, 7) is 6.19. The predicted octanol–water partition coefficient (Wildman–Crippen LogP) is 2.08. The largest absolute Gasteiger partial charge is 0.496 e. The number of nitrogens with zero attached hydrogens (tertiary/aromatic N) is 1. The van der Waals surface area contributed by atoms with Crippen LogP contribution in [0.1, 0.15) is 35.6 Å². The third-order valence-corrected chi connectivity index (χ3v) is 7.58. The molecule has 0 aromatic heterocycles. The van der Waals surface area contributed by atoms with Crippen molar-refractivity contribution in [3.63, 3.8) is 0 Å². The molecule has 2 aromatic rings. The van der Waals surface area contributed by atoms with Crippen LogP contribution in [0.15, 0.2) is 41.3 Å². The second-order valence-corrected chi connectivity index (χ2v) is 10.1. The first kappa shape index (κ1) is 22.6. The van der Waals surface area contributed by atoms with E-state index in [9.17, 15) is 8.42 Å². The first-order valence-electron chi connectivity index (χ1n) is 10.5. The summed E-state index contributed by atoms with van der Waals surface area (Å²) in [4.78, 5) is 3.83. The van der Waals surface area contributed by atoms with Gasteiger partial charge in [-0.2, -0.15) is 0 Å². The van der Waals surface area contributed by atoms with E-state index < -0.39 is 10.0 Å². The van der Waals surface area contributed by atoms with Crippen molar-refractivity contribution >= 4 is 15.7 Å². The Kier molecular flexibility index (Phi) is 7.06. The molecule has 2 aromatic carbocycles. The van der Waals surface area contributed by atoms with Gasteiger partial charge in [0.1, 0.15) is 11.8 Å². The second kappa shape index (κ2) is 9.37. The molecule has 0 spiro atoms. The summed E-state index contributed by atoms with van der Waals surface area (Å²) in [6, 6.07) is 12.0. The van der Waals surface area contributed by atoms with E-state index >= 15 is 0 Å². The van der Waals surface area contributed by atoms with Gasteiger partial charge in [0.15, 0.2) is 0 Å². The molecule has 6 nitrogen and oxygen atoms in total. The highest BCUT2D eigenvalue weighted by atomic mass is 32.2. The number of benzene rings is 2. The summed E-state index contributed by atoms with van der Waals surface area (Å²) in [5.41, 5.74) is 3.80. The van der Waals surface area contributed by atoms with E-state index in [0.717, 1.165) is 24.3 Å². The molecule has 0 unspecified atom stereocenters. The average Bonchev–Trinajstić information content (AvgIpc) is 3.24. The minimum Gasteiger partial charge on any atom is -0.496 e. The van der Waals surface area contributed by atoms with Crippen LogP contribution in [-0.2, 0) is 10.0 Å². The Hall–Kier alpha value is -2.09. The summed E-state index contributed by atoms with van der Waals surface area (Å²) >= 11 is 0. The zero-order valence-corrected chi connectivity index (χ0v) is 19.5. The Labute approximate surface area is 180 Å². The van der Waals surface area contributed by atoms with Crippen molar-refractivity contribution in [3.8, 4) is 5.75 Å². The second-order valence-electron chi connectivity index (χ2n) is 8.34. The van der Waals surface area contributed by atoms with Crippen LogP contribution < -0.4 is 19.3 Å². The number of aryl methyl sites for hydroxylation is 2. The lowest BCUT2D eigenvalue weighted by atomic mass is 10.1. The highest BCUT2D eigenvalue weighted by Crippen LogP contribution is 2.26. The predicted molar refractivity (Wildman–Crippen MR) is 121 cm³/mol. The number of hydrogen-bond acceptors (Lipinski definition) is 4. The summed E-state index contributed by atoms with van der Waals surface area (Å²) in [7, 11) is 2.02. The highest BCUT2D eigenvalue weighted by molar-refractivity contribution is 7.89. The Balaban J connectivity index is 1.84. The lowest BCUT2D eigenvalue weighted by molar-refractivity contribution is -0.918. The fraction of sp³-hybridized carbons (Fsp3) is 0.478. The highest BCUT2D eigenvalue weighted by Gasteiger charge is 2.29. The molecule has 0 aliphatic carbocycles. The zero-order valence-electron chi connectivity index (χ0n) is 18.7. The number of hydrogen-bond donors (Lipinski definition) is 2. The molecule has 7 heteroatoms. The third-order valence-electron chi connectivity index (χ3n) is 6.01. The van der Waals surface area contributed by atoms with E-state index in [2.05, 4.69) is 33.9 Å². The van der Waals surface area contributed by atoms with Gasteiger partial charge in [-0.15, -0.1) is 0 Å². The van der Waals surface area contributed by atoms with Crippen LogP contribution in [0.5, 0.6) is 5.75 Å². The normalized spacial score (nSPS) is 15.9. The van der Waals surface area contributed by atoms with Crippen molar-refractivity contribution < 1.29 is 18.1 Å². The third kappa shape index (κ3) is 4.96. The van der Waals surface area contributed by atoms with E-state index in [1.807, 2.05) is 21.0 Å². The quantitative estimate of drug-likeness (QED) is 0.671. The minimum atomic E-state index is -3.62. The van der Waals surface area contributed by atoms with E-state index in [4.69, 9.17) is 4.74 Å². The molecular formula is C23H34N3O3S+. The molecule has 1 fully saturated rings. The van der Waals surface area contributed by atoms with Crippen molar-refractivity contribution in [3.05, 3.63) is 53.1 Å². The van der Waals surface area contributed by atoms with Crippen molar-refractivity contribution in [2.45, 2.75) is 37.6 Å². The molecule has 1 aliphatic rings. The Bertz CT molecular complexity index is 966. The van der Waals surface area contributed by atoms with Gasteiger partial charge >= 0.3 is 0 Å². The van der Waals surface area contributed by atoms with Gasteiger partial charge in [0.05, 0.1) is 31.6 Å². The standard InChI is InChI=1S/C23H33N3O3S/c1-17-15-23(18(2)14-22(17)29-5)30(27,28)24-16-21(26-12-6-7-13-26)19-8-10-20(11-9-19)25(3)4/h8-11,14-15,21,24H,6-7,12-13,16H2,1-5H3/p+1/t21-/m0/s1. The van der Waals surface area contributed by atoms with Crippen LogP contribution in [0.3, 0.4) is 0 Å². The van der Waals surface area contributed by atoms with Gasteiger partial charge in [0.2, 0.25) is 10.0 Å². The molecule has 1 saturated heterocycles. The zero-order chi connectivity index (χ0) is 21.9. The van der Waals surface area contributed by atoms with Crippen LogP contribution in [-0.4, -0.2) is 49.3 Å². The number of rotatable bonds is 8. The van der Waals surface area contributed by atoms with Gasteiger partial charge in [0.25, 0.3) is 0 Å². The van der Waals surface area contributed by atoms with E-state index in [-0.39, 0.29) is 6.04 Å². The van der Waals surface area contributed by atoms with Gasteiger partial charge in [-0.1, -0.05) is 12.1 Å². The number of sulfonamides is 1. The minimum absolute atomic E-state index is 0.0955. The molecule has 0 amide bonds. The summed E-state index contributed by atoms with van der Waals surface area (Å²) in [5.74, 6) is 0.701. The molecule has 1 heterocycles. The summed E-state index contributed by atoms with van der Waals surface area (Å²) < 4.78 is 34.5. The van der Waals surface area contributed by atoms with Crippen LogP contribution in [0.4, 0.5) is 5.69 Å². The molecule has 2 N–H and O–H groups in total. The maximum absolute atomic E-state index is 13.1. The molecule has 164 valence electrons. The number of ether oxygens (including phenoxy) is 1. The number of anilines is 1. The number of likely N-dealkylation sites (tertiary alicyclic amines) is 1.